The third kappa shape index (κ3) is 3.26. The molecule has 0 bridgehead atoms. The van der Waals surface area contributed by atoms with Gasteiger partial charge in [-0.05, 0) is 32.0 Å². The predicted molar refractivity (Wildman–Crippen MR) is 70.1 cm³/mol. The maximum Gasteiger partial charge on any atom is 0.416 e. The van der Waals surface area contributed by atoms with Gasteiger partial charge in [-0.1, -0.05) is 0 Å². The Balaban J connectivity index is 3.44. The van der Waals surface area contributed by atoms with Crippen molar-refractivity contribution >= 4 is 17.6 Å². The van der Waals surface area contributed by atoms with Crippen LogP contribution in [0.5, 0.6) is 0 Å². The molecule has 1 aromatic rings. The highest BCUT2D eigenvalue weighted by Crippen LogP contribution is 2.34. The monoisotopic (exact) mass is 304 g/mol. The van der Waals surface area contributed by atoms with Gasteiger partial charge in [-0.2, -0.15) is 13.2 Å². The van der Waals surface area contributed by atoms with E-state index in [9.17, 15) is 22.8 Å². The summed E-state index contributed by atoms with van der Waals surface area (Å²) in [6.07, 6.45) is -4.62. The number of hydrogen-bond donors (Lipinski definition) is 2. The number of halogens is 3. The number of carbonyl (C=O) groups excluding carboxylic acids is 1. The molecule has 1 aromatic carbocycles. The van der Waals surface area contributed by atoms with E-state index in [0.29, 0.717) is 6.07 Å². The zero-order valence-corrected chi connectivity index (χ0v) is 11.7. The largest absolute Gasteiger partial charge is 0.480 e. The van der Waals surface area contributed by atoms with Gasteiger partial charge >= 0.3 is 12.1 Å². The summed E-state index contributed by atoms with van der Waals surface area (Å²) in [5, 5.41) is 9.15. The van der Waals surface area contributed by atoms with E-state index in [-0.39, 0.29) is 11.3 Å². The van der Waals surface area contributed by atoms with Crippen LogP contribution in [0.1, 0.15) is 29.8 Å². The fourth-order valence-corrected chi connectivity index (χ4v) is 1.65. The molecule has 5 nitrogen and oxygen atoms in total. The number of benzene rings is 1. The third-order valence-electron chi connectivity index (χ3n) is 3.31. The number of alkyl halides is 3. The molecule has 21 heavy (non-hydrogen) atoms. The number of amides is 1. The average molecular weight is 304 g/mol. The average Bonchev–Trinajstić information content (AvgIpc) is 2.35. The summed E-state index contributed by atoms with van der Waals surface area (Å²) in [7, 11) is 1.36. The molecule has 116 valence electrons. The topological polar surface area (TPSA) is 83.6 Å². The number of carboxylic acid groups (broad SMARTS) is 1. The van der Waals surface area contributed by atoms with Gasteiger partial charge in [-0.3, -0.25) is 4.79 Å². The number of anilines is 1. The first-order chi connectivity index (χ1) is 9.39. The van der Waals surface area contributed by atoms with Crippen LogP contribution in [0.3, 0.4) is 0 Å². The summed E-state index contributed by atoms with van der Waals surface area (Å²) in [5.74, 6) is -2.26. The number of rotatable bonds is 4. The molecule has 0 fully saturated rings. The fraction of sp³-hybridized carbons (Fsp3) is 0.385. The molecule has 0 radical (unpaired) electrons. The van der Waals surface area contributed by atoms with Gasteiger partial charge in [-0.25, -0.2) is 4.79 Å². The first-order valence-corrected chi connectivity index (χ1v) is 5.87. The second kappa shape index (κ2) is 5.27. The molecular formula is C13H15F3N2O3. The molecule has 0 unspecified atom stereocenters. The van der Waals surface area contributed by atoms with Gasteiger partial charge in [0.05, 0.1) is 16.8 Å². The highest BCUT2D eigenvalue weighted by molar-refractivity contribution is 6.00. The van der Waals surface area contributed by atoms with Crippen molar-refractivity contribution in [3.63, 3.8) is 0 Å². The van der Waals surface area contributed by atoms with E-state index < -0.39 is 29.2 Å². The van der Waals surface area contributed by atoms with Crippen molar-refractivity contribution in [2.75, 3.05) is 11.9 Å². The van der Waals surface area contributed by atoms with Crippen LogP contribution < -0.4 is 10.6 Å². The normalized spacial score (nSPS) is 12.1. The highest BCUT2D eigenvalue weighted by Gasteiger charge is 2.36. The van der Waals surface area contributed by atoms with Crippen molar-refractivity contribution in [2.45, 2.75) is 25.6 Å². The molecule has 8 heteroatoms. The van der Waals surface area contributed by atoms with Gasteiger partial charge in [0.25, 0.3) is 5.91 Å². The molecule has 1 amide bonds. The van der Waals surface area contributed by atoms with Gasteiger partial charge < -0.3 is 15.7 Å². The Labute approximate surface area is 119 Å². The summed E-state index contributed by atoms with van der Waals surface area (Å²) in [5.41, 5.74) is 2.28. The van der Waals surface area contributed by atoms with E-state index in [0.717, 1.165) is 12.1 Å². The number of carboxylic acids is 1. The van der Waals surface area contributed by atoms with Crippen molar-refractivity contribution < 1.29 is 27.9 Å². The lowest BCUT2D eigenvalue weighted by atomic mass is 9.99. The highest BCUT2D eigenvalue weighted by atomic mass is 19.4. The maximum atomic E-state index is 12.7. The standard InChI is InChI=1S/C13H15F3N2O3/c1-12(2,11(20)21)18(3)9-5-4-7(13(14,15)16)6-8(9)10(17)19/h4-6H,1-3H3,(H2,17,19)(H,20,21). The molecule has 1 rings (SSSR count). The predicted octanol–water partition coefficient (Wildman–Crippen LogP) is 2.10. The molecule has 0 saturated heterocycles. The van der Waals surface area contributed by atoms with Crippen LogP contribution in [0.25, 0.3) is 0 Å². The molecule has 0 atom stereocenters. The lowest BCUT2D eigenvalue weighted by molar-refractivity contribution is -0.142. The summed E-state index contributed by atoms with van der Waals surface area (Å²) >= 11 is 0. The van der Waals surface area contributed by atoms with Crippen LogP contribution in [0.4, 0.5) is 18.9 Å². The van der Waals surface area contributed by atoms with Crippen LogP contribution in [0.15, 0.2) is 18.2 Å². The van der Waals surface area contributed by atoms with Gasteiger partial charge in [-0.15, -0.1) is 0 Å². The Kier molecular flexibility index (Phi) is 4.21. The summed E-state index contributed by atoms with van der Waals surface area (Å²) in [4.78, 5) is 23.8. The summed E-state index contributed by atoms with van der Waals surface area (Å²) in [6.45, 7) is 2.72. The van der Waals surface area contributed by atoms with E-state index in [2.05, 4.69) is 0 Å². The molecule has 0 saturated carbocycles. The van der Waals surface area contributed by atoms with Crippen LogP contribution in [0.2, 0.25) is 0 Å². The Morgan fingerprint density at radius 1 is 1.24 bits per heavy atom. The summed E-state index contributed by atoms with van der Waals surface area (Å²) in [6, 6.07) is 2.43. The number of hydrogen-bond acceptors (Lipinski definition) is 3. The number of carbonyl (C=O) groups is 2. The molecule has 0 aliphatic carbocycles. The minimum absolute atomic E-state index is 0.0166. The molecule has 0 aromatic heterocycles. The lowest BCUT2D eigenvalue weighted by Gasteiger charge is -2.34. The smallest absolute Gasteiger partial charge is 0.416 e. The van der Waals surface area contributed by atoms with Gasteiger partial charge in [0.2, 0.25) is 0 Å². The molecule has 0 aliphatic rings. The number of nitrogens with zero attached hydrogens (tertiary/aromatic N) is 1. The van der Waals surface area contributed by atoms with Crippen LogP contribution in [-0.2, 0) is 11.0 Å². The van der Waals surface area contributed by atoms with Crippen molar-refractivity contribution in [1.29, 1.82) is 0 Å². The molecule has 0 spiro atoms. The van der Waals surface area contributed by atoms with Gasteiger partial charge in [0, 0.05) is 7.05 Å². The summed E-state index contributed by atoms with van der Waals surface area (Å²) < 4.78 is 38.0. The third-order valence-corrected chi connectivity index (χ3v) is 3.31. The minimum atomic E-state index is -4.62. The van der Waals surface area contributed by atoms with Crippen LogP contribution in [-0.4, -0.2) is 29.6 Å². The van der Waals surface area contributed by atoms with E-state index in [1.165, 1.54) is 25.8 Å². The van der Waals surface area contributed by atoms with Crippen molar-refractivity contribution in [1.82, 2.24) is 0 Å². The van der Waals surface area contributed by atoms with Crippen LogP contribution in [0, 0.1) is 0 Å². The van der Waals surface area contributed by atoms with Gasteiger partial charge in [0.1, 0.15) is 5.54 Å². The van der Waals surface area contributed by atoms with Gasteiger partial charge in [0.15, 0.2) is 0 Å². The Morgan fingerprint density at radius 2 is 1.76 bits per heavy atom. The van der Waals surface area contributed by atoms with Crippen LogP contribution >= 0.6 is 0 Å². The number of likely N-dealkylation sites (N-methyl/N-ethyl adjacent to an activating group) is 1. The van der Waals surface area contributed by atoms with E-state index in [4.69, 9.17) is 10.8 Å². The lowest BCUT2D eigenvalue weighted by Crippen LogP contribution is -2.48. The number of primary amides is 1. The quantitative estimate of drug-likeness (QED) is 0.892. The fourth-order valence-electron chi connectivity index (χ4n) is 1.65. The van der Waals surface area contributed by atoms with E-state index in [1.807, 2.05) is 0 Å². The Hall–Kier alpha value is -2.25. The second-order valence-electron chi connectivity index (χ2n) is 5.02. The Bertz CT molecular complexity index is 583. The minimum Gasteiger partial charge on any atom is -0.480 e. The molecular weight excluding hydrogens is 289 g/mol. The van der Waals surface area contributed by atoms with Crippen molar-refractivity contribution in [3.05, 3.63) is 29.3 Å². The zero-order chi connectivity index (χ0) is 16.6. The number of aliphatic carboxylic acids is 1. The maximum absolute atomic E-state index is 12.7. The van der Waals surface area contributed by atoms with E-state index in [1.54, 1.807) is 0 Å². The van der Waals surface area contributed by atoms with E-state index >= 15 is 0 Å². The van der Waals surface area contributed by atoms with Crippen molar-refractivity contribution in [2.24, 2.45) is 5.73 Å². The second-order valence-corrected chi connectivity index (χ2v) is 5.02. The number of nitrogens with two attached hydrogens (primary N) is 1. The zero-order valence-electron chi connectivity index (χ0n) is 11.7. The van der Waals surface area contributed by atoms with Crippen molar-refractivity contribution in [3.8, 4) is 0 Å². The SMILES string of the molecule is CN(c1ccc(C(F)(F)F)cc1C(N)=O)C(C)(C)C(=O)O. The first kappa shape index (κ1) is 16.8. The molecule has 0 heterocycles. The Morgan fingerprint density at radius 3 is 2.14 bits per heavy atom. The molecule has 0 aliphatic heterocycles. The first-order valence-electron chi connectivity index (χ1n) is 5.87. The molecule has 3 N–H and O–H groups in total.